The third kappa shape index (κ3) is 5.54. The van der Waals surface area contributed by atoms with Gasteiger partial charge in [0, 0.05) is 50.6 Å². The first-order valence-electron chi connectivity index (χ1n) is 8.97. The van der Waals surface area contributed by atoms with Crippen molar-refractivity contribution < 1.29 is 9.47 Å². The van der Waals surface area contributed by atoms with Crippen LogP contribution in [0.25, 0.3) is 0 Å². The second-order valence-electron chi connectivity index (χ2n) is 6.45. The molecule has 6 heteroatoms. The largest absolute Gasteiger partial charge is 0.384 e. The van der Waals surface area contributed by atoms with Crippen molar-refractivity contribution in [1.82, 2.24) is 10.2 Å². The molecule has 0 aromatic rings. The maximum atomic E-state index is 5.56. The third-order valence-electron chi connectivity index (χ3n) is 4.69. The number of nitrogens with zero attached hydrogens (tertiary/aromatic N) is 2. The summed E-state index contributed by atoms with van der Waals surface area (Å²) in [6.07, 6.45) is 3.42. The highest BCUT2D eigenvalue weighted by molar-refractivity contribution is 8.00. The van der Waals surface area contributed by atoms with E-state index in [2.05, 4.69) is 35.8 Å². The Labute approximate surface area is 145 Å². The first-order chi connectivity index (χ1) is 11.2. The van der Waals surface area contributed by atoms with Crippen molar-refractivity contribution in [1.29, 1.82) is 0 Å². The van der Waals surface area contributed by atoms with Crippen molar-refractivity contribution in [3.05, 3.63) is 0 Å². The second-order valence-corrected chi connectivity index (χ2v) is 8.19. The number of hydrogen-bond acceptors (Lipinski definition) is 4. The van der Waals surface area contributed by atoms with Gasteiger partial charge in [0.05, 0.1) is 13.2 Å². The van der Waals surface area contributed by atoms with E-state index < -0.39 is 0 Å². The van der Waals surface area contributed by atoms with Crippen molar-refractivity contribution in [3.63, 3.8) is 0 Å². The van der Waals surface area contributed by atoms with E-state index in [1.54, 1.807) is 7.11 Å². The van der Waals surface area contributed by atoms with Crippen LogP contribution in [0.4, 0.5) is 0 Å². The Morgan fingerprint density at radius 3 is 2.83 bits per heavy atom. The maximum absolute atomic E-state index is 5.56. The number of guanidine groups is 1. The zero-order valence-corrected chi connectivity index (χ0v) is 15.8. The average molecular weight is 344 g/mol. The molecule has 134 valence electrons. The van der Waals surface area contributed by atoms with E-state index in [4.69, 9.17) is 14.5 Å². The topological polar surface area (TPSA) is 46.1 Å². The molecule has 0 spiro atoms. The zero-order valence-electron chi connectivity index (χ0n) is 15.0. The van der Waals surface area contributed by atoms with Crippen molar-refractivity contribution >= 4 is 17.7 Å². The average Bonchev–Trinajstić information content (AvgIpc) is 3.01. The molecule has 2 aliphatic heterocycles. The van der Waals surface area contributed by atoms with E-state index in [0.717, 1.165) is 70.6 Å². The molecule has 0 saturated carbocycles. The molecule has 2 aliphatic rings. The van der Waals surface area contributed by atoms with Gasteiger partial charge in [0.2, 0.25) is 0 Å². The monoisotopic (exact) mass is 343 g/mol. The molecule has 2 heterocycles. The Morgan fingerprint density at radius 2 is 2.17 bits per heavy atom. The molecule has 2 rings (SSSR count). The standard InChI is InChI=1S/C17H33N3O2S/c1-4-18-16(20-9-6-15(12-20)13-21-3)19-14-17(23-5-2)7-10-22-11-8-17/h15H,4-14H2,1-3H3,(H,18,19). The highest BCUT2D eigenvalue weighted by Gasteiger charge is 2.33. The summed E-state index contributed by atoms with van der Waals surface area (Å²) in [6.45, 7) is 10.9. The Hall–Kier alpha value is -0.460. The summed E-state index contributed by atoms with van der Waals surface area (Å²) in [5.74, 6) is 2.85. The van der Waals surface area contributed by atoms with Crippen LogP contribution in [0.15, 0.2) is 4.99 Å². The van der Waals surface area contributed by atoms with Crippen LogP contribution in [-0.2, 0) is 9.47 Å². The summed E-state index contributed by atoms with van der Waals surface area (Å²) in [4.78, 5) is 7.42. The summed E-state index contributed by atoms with van der Waals surface area (Å²) in [5.41, 5.74) is 0. The Kier molecular flexibility index (Phi) is 7.99. The van der Waals surface area contributed by atoms with Gasteiger partial charge >= 0.3 is 0 Å². The first-order valence-corrected chi connectivity index (χ1v) is 9.95. The minimum absolute atomic E-state index is 0.263. The number of thioether (sulfide) groups is 1. The van der Waals surface area contributed by atoms with Crippen LogP contribution in [-0.4, -0.2) is 74.5 Å². The van der Waals surface area contributed by atoms with E-state index >= 15 is 0 Å². The van der Waals surface area contributed by atoms with Gasteiger partial charge < -0.3 is 19.7 Å². The lowest BCUT2D eigenvalue weighted by Gasteiger charge is -2.35. The van der Waals surface area contributed by atoms with E-state index in [1.807, 2.05) is 0 Å². The Bertz CT molecular complexity index is 367. The van der Waals surface area contributed by atoms with Gasteiger partial charge in [-0.2, -0.15) is 11.8 Å². The lowest BCUT2D eigenvalue weighted by atomic mass is 9.99. The van der Waals surface area contributed by atoms with Crippen LogP contribution in [0.1, 0.15) is 33.1 Å². The predicted octanol–water partition coefficient (Wildman–Crippen LogP) is 2.22. The molecule has 1 atom stereocenters. The molecule has 2 saturated heterocycles. The fourth-order valence-corrected chi connectivity index (χ4v) is 4.66. The fourth-order valence-electron chi connectivity index (χ4n) is 3.44. The molecule has 1 unspecified atom stereocenters. The molecule has 0 amide bonds. The number of methoxy groups -OCH3 is 1. The van der Waals surface area contributed by atoms with Gasteiger partial charge in [-0.3, -0.25) is 4.99 Å². The number of aliphatic imine (C=N–C) groups is 1. The maximum Gasteiger partial charge on any atom is 0.193 e. The van der Waals surface area contributed by atoms with Gasteiger partial charge in [0.25, 0.3) is 0 Å². The smallest absolute Gasteiger partial charge is 0.193 e. The predicted molar refractivity (Wildman–Crippen MR) is 98.5 cm³/mol. The van der Waals surface area contributed by atoms with Crippen LogP contribution in [0.2, 0.25) is 0 Å². The van der Waals surface area contributed by atoms with Gasteiger partial charge in [0.15, 0.2) is 5.96 Å². The summed E-state index contributed by atoms with van der Waals surface area (Å²) >= 11 is 2.06. The molecule has 5 nitrogen and oxygen atoms in total. The molecular formula is C17H33N3O2S. The normalized spacial score (nSPS) is 24.9. The zero-order chi connectivity index (χ0) is 16.5. The van der Waals surface area contributed by atoms with Crippen LogP contribution in [0, 0.1) is 5.92 Å². The third-order valence-corrected chi connectivity index (χ3v) is 6.13. The highest BCUT2D eigenvalue weighted by Crippen LogP contribution is 2.35. The first kappa shape index (κ1) is 18.9. The number of nitrogens with one attached hydrogen (secondary N) is 1. The van der Waals surface area contributed by atoms with Crippen LogP contribution < -0.4 is 5.32 Å². The lowest BCUT2D eigenvalue weighted by molar-refractivity contribution is 0.0793. The molecule has 1 N–H and O–H groups in total. The molecule has 0 aromatic heterocycles. The Morgan fingerprint density at radius 1 is 1.39 bits per heavy atom. The van der Waals surface area contributed by atoms with Crippen molar-refractivity contribution in [2.45, 2.75) is 37.9 Å². The molecule has 0 aliphatic carbocycles. The number of ether oxygens (including phenoxy) is 2. The number of rotatable bonds is 7. The molecule has 0 radical (unpaired) electrons. The summed E-state index contributed by atoms with van der Waals surface area (Å²) in [5, 5.41) is 3.48. The molecule has 0 aromatic carbocycles. The Balaban J connectivity index is 1.99. The van der Waals surface area contributed by atoms with Crippen LogP contribution in [0.3, 0.4) is 0 Å². The van der Waals surface area contributed by atoms with Crippen molar-refractivity contribution in [2.75, 3.05) is 58.9 Å². The molecule has 2 fully saturated rings. The second kappa shape index (κ2) is 9.74. The van der Waals surface area contributed by atoms with E-state index in [9.17, 15) is 0 Å². The number of hydrogen-bond donors (Lipinski definition) is 1. The highest BCUT2D eigenvalue weighted by atomic mass is 32.2. The molecular weight excluding hydrogens is 310 g/mol. The summed E-state index contributed by atoms with van der Waals surface area (Å²) in [6, 6.07) is 0. The minimum atomic E-state index is 0.263. The summed E-state index contributed by atoms with van der Waals surface area (Å²) in [7, 11) is 1.79. The summed E-state index contributed by atoms with van der Waals surface area (Å²) < 4.78 is 11.1. The molecule has 0 bridgehead atoms. The lowest BCUT2D eigenvalue weighted by Crippen LogP contribution is -2.42. The van der Waals surface area contributed by atoms with Crippen LogP contribution >= 0.6 is 11.8 Å². The minimum Gasteiger partial charge on any atom is -0.384 e. The quantitative estimate of drug-likeness (QED) is 0.567. The van der Waals surface area contributed by atoms with Gasteiger partial charge in [0.1, 0.15) is 0 Å². The fraction of sp³-hybridized carbons (Fsp3) is 0.941. The van der Waals surface area contributed by atoms with E-state index in [-0.39, 0.29) is 4.75 Å². The van der Waals surface area contributed by atoms with E-state index in [1.165, 1.54) is 6.42 Å². The number of likely N-dealkylation sites (tertiary alicyclic amines) is 1. The van der Waals surface area contributed by atoms with E-state index in [0.29, 0.717) is 5.92 Å². The van der Waals surface area contributed by atoms with Gasteiger partial charge in [-0.25, -0.2) is 0 Å². The molecule has 23 heavy (non-hydrogen) atoms. The van der Waals surface area contributed by atoms with Gasteiger partial charge in [-0.15, -0.1) is 0 Å². The van der Waals surface area contributed by atoms with Gasteiger partial charge in [-0.05, 0) is 31.9 Å². The van der Waals surface area contributed by atoms with Crippen molar-refractivity contribution in [3.8, 4) is 0 Å². The van der Waals surface area contributed by atoms with Crippen molar-refractivity contribution in [2.24, 2.45) is 10.9 Å². The SMILES string of the molecule is CCNC(=NCC1(SCC)CCOCC1)N1CCC(COC)C1. The van der Waals surface area contributed by atoms with Crippen LogP contribution in [0.5, 0.6) is 0 Å². The van der Waals surface area contributed by atoms with Gasteiger partial charge in [-0.1, -0.05) is 6.92 Å².